The molecule has 0 saturated carbocycles. The average molecular weight is 289 g/mol. The summed E-state index contributed by atoms with van der Waals surface area (Å²) in [7, 11) is 0. The van der Waals surface area contributed by atoms with Crippen molar-refractivity contribution >= 4 is 21.8 Å². The van der Waals surface area contributed by atoms with Crippen molar-refractivity contribution in [3.05, 3.63) is 88.8 Å². The molecular formula is C19H12FNO. The molecule has 1 aromatic heterocycles. The second-order valence-corrected chi connectivity index (χ2v) is 5.18. The predicted octanol–water partition coefficient (Wildman–Crippen LogP) is 4.28. The van der Waals surface area contributed by atoms with Crippen LogP contribution < -0.4 is 5.43 Å². The number of fused-ring (bicyclic) bond motifs is 2. The summed E-state index contributed by atoms with van der Waals surface area (Å²) in [5.74, 6) is -0.403. The van der Waals surface area contributed by atoms with Crippen LogP contribution in [0.1, 0.15) is 0 Å². The van der Waals surface area contributed by atoms with Crippen LogP contribution in [0.25, 0.3) is 27.5 Å². The Hall–Kier alpha value is -2.94. The fourth-order valence-corrected chi connectivity index (χ4v) is 2.88. The van der Waals surface area contributed by atoms with E-state index in [2.05, 4.69) is 0 Å². The molecule has 0 atom stereocenters. The molecule has 4 aromatic rings. The van der Waals surface area contributed by atoms with Gasteiger partial charge in [0, 0.05) is 16.5 Å². The van der Waals surface area contributed by atoms with Crippen LogP contribution >= 0.6 is 0 Å². The Morgan fingerprint density at radius 1 is 0.727 bits per heavy atom. The second kappa shape index (κ2) is 4.81. The zero-order valence-electron chi connectivity index (χ0n) is 11.7. The average Bonchev–Trinajstić information content (AvgIpc) is 2.57. The van der Waals surface area contributed by atoms with Crippen molar-refractivity contribution in [1.29, 1.82) is 0 Å². The Labute approximate surface area is 126 Å². The summed E-state index contributed by atoms with van der Waals surface area (Å²) in [6, 6.07) is 21.5. The number of benzene rings is 3. The van der Waals surface area contributed by atoms with E-state index < -0.39 is 5.82 Å². The number of para-hydroxylation sites is 2. The summed E-state index contributed by atoms with van der Waals surface area (Å²) >= 11 is 0. The summed E-state index contributed by atoms with van der Waals surface area (Å²) in [4.78, 5) is 12.6. The van der Waals surface area contributed by atoms with Crippen molar-refractivity contribution in [2.45, 2.75) is 0 Å². The number of nitrogens with zero attached hydrogens (tertiary/aromatic N) is 1. The lowest BCUT2D eigenvalue weighted by Gasteiger charge is -2.15. The molecule has 0 aliphatic rings. The van der Waals surface area contributed by atoms with Gasteiger partial charge in [0.15, 0.2) is 5.43 Å². The van der Waals surface area contributed by atoms with Gasteiger partial charge in [-0.2, -0.15) is 0 Å². The quantitative estimate of drug-likeness (QED) is 0.479. The van der Waals surface area contributed by atoms with Crippen molar-refractivity contribution < 1.29 is 4.39 Å². The second-order valence-electron chi connectivity index (χ2n) is 5.18. The molecule has 0 bridgehead atoms. The Kier molecular flexibility index (Phi) is 2.79. The molecule has 0 fully saturated rings. The van der Waals surface area contributed by atoms with Crippen molar-refractivity contribution in [2.24, 2.45) is 0 Å². The van der Waals surface area contributed by atoms with E-state index in [1.54, 1.807) is 12.1 Å². The molecule has 22 heavy (non-hydrogen) atoms. The van der Waals surface area contributed by atoms with E-state index in [0.29, 0.717) is 16.3 Å². The van der Waals surface area contributed by atoms with Crippen molar-refractivity contribution in [3.63, 3.8) is 0 Å². The van der Waals surface area contributed by atoms with E-state index in [4.69, 9.17) is 0 Å². The third kappa shape index (κ3) is 1.83. The van der Waals surface area contributed by atoms with E-state index in [9.17, 15) is 9.18 Å². The maximum absolute atomic E-state index is 13.6. The van der Waals surface area contributed by atoms with E-state index in [-0.39, 0.29) is 5.43 Å². The van der Waals surface area contributed by atoms with Gasteiger partial charge in [0.2, 0.25) is 0 Å². The first-order chi connectivity index (χ1) is 10.8. The van der Waals surface area contributed by atoms with E-state index in [1.807, 2.05) is 53.1 Å². The summed E-state index contributed by atoms with van der Waals surface area (Å²) in [6.07, 6.45) is 0. The third-order valence-electron chi connectivity index (χ3n) is 3.85. The van der Waals surface area contributed by atoms with Crippen LogP contribution in [0, 0.1) is 5.82 Å². The maximum atomic E-state index is 13.6. The number of aromatic nitrogens is 1. The zero-order chi connectivity index (χ0) is 15.1. The Bertz CT molecular complexity index is 1050. The highest BCUT2D eigenvalue weighted by molar-refractivity contribution is 5.95. The summed E-state index contributed by atoms with van der Waals surface area (Å²) in [5.41, 5.74) is 2.32. The molecule has 106 valence electrons. The summed E-state index contributed by atoms with van der Waals surface area (Å²) in [5, 5.41) is 0.979. The molecule has 4 rings (SSSR count). The summed E-state index contributed by atoms with van der Waals surface area (Å²) in [6.45, 7) is 0. The van der Waals surface area contributed by atoms with Crippen LogP contribution in [0.3, 0.4) is 0 Å². The van der Waals surface area contributed by atoms with Crippen molar-refractivity contribution in [1.82, 2.24) is 4.57 Å². The van der Waals surface area contributed by atoms with Gasteiger partial charge in [-0.05, 0) is 42.5 Å². The van der Waals surface area contributed by atoms with Gasteiger partial charge in [0.25, 0.3) is 0 Å². The van der Waals surface area contributed by atoms with Crippen molar-refractivity contribution in [3.8, 4) is 5.69 Å². The lowest BCUT2D eigenvalue weighted by atomic mass is 10.1. The molecule has 0 amide bonds. The van der Waals surface area contributed by atoms with Crippen LogP contribution in [0.5, 0.6) is 0 Å². The van der Waals surface area contributed by atoms with E-state index >= 15 is 0 Å². The van der Waals surface area contributed by atoms with Gasteiger partial charge >= 0.3 is 0 Å². The number of hydrogen-bond acceptors (Lipinski definition) is 1. The Balaban J connectivity index is 2.30. The lowest BCUT2D eigenvalue weighted by Crippen LogP contribution is -2.10. The molecule has 1 heterocycles. The van der Waals surface area contributed by atoms with Gasteiger partial charge in [-0.25, -0.2) is 4.39 Å². The molecule has 0 unspecified atom stereocenters. The largest absolute Gasteiger partial charge is 0.309 e. The minimum Gasteiger partial charge on any atom is -0.309 e. The Morgan fingerprint density at radius 2 is 1.41 bits per heavy atom. The topological polar surface area (TPSA) is 22.0 Å². The van der Waals surface area contributed by atoms with Gasteiger partial charge < -0.3 is 4.57 Å². The number of hydrogen-bond donors (Lipinski definition) is 0. The summed E-state index contributed by atoms with van der Waals surface area (Å²) < 4.78 is 15.6. The minimum absolute atomic E-state index is 0.141. The van der Waals surface area contributed by atoms with Gasteiger partial charge in [0.05, 0.1) is 11.0 Å². The highest BCUT2D eigenvalue weighted by Gasteiger charge is 2.12. The molecule has 0 spiro atoms. The molecule has 0 aliphatic carbocycles. The highest BCUT2D eigenvalue weighted by atomic mass is 19.1. The minimum atomic E-state index is -0.403. The maximum Gasteiger partial charge on any atom is 0.197 e. The van der Waals surface area contributed by atoms with Crippen molar-refractivity contribution in [2.75, 3.05) is 0 Å². The van der Waals surface area contributed by atoms with Crippen LogP contribution in [0.15, 0.2) is 77.6 Å². The first-order valence-corrected chi connectivity index (χ1v) is 7.04. The molecule has 3 heteroatoms. The van der Waals surface area contributed by atoms with Gasteiger partial charge in [-0.15, -0.1) is 0 Å². The monoisotopic (exact) mass is 289 g/mol. The number of rotatable bonds is 1. The Morgan fingerprint density at radius 3 is 2.23 bits per heavy atom. The van der Waals surface area contributed by atoms with Gasteiger partial charge in [0.1, 0.15) is 5.82 Å². The predicted molar refractivity (Wildman–Crippen MR) is 87.0 cm³/mol. The molecule has 3 aromatic carbocycles. The number of pyridine rings is 1. The molecule has 0 radical (unpaired) electrons. The zero-order valence-corrected chi connectivity index (χ0v) is 11.7. The fraction of sp³-hybridized carbons (Fsp3) is 0. The van der Waals surface area contributed by atoms with Gasteiger partial charge in [-0.1, -0.05) is 30.3 Å². The smallest absolute Gasteiger partial charge is 0.197 e. The van der Waals surface area contributed by atoms with E-state index in [1.165, 1.54) is 12.1 Å². The van der Waals surface area contributed by atoms with Crippen LogP contribution in [0.2, 0.25) is 0 Å². The van der Waals surface area contributed by atoms with Crippen LogP contribution in [-0.2, 0) is 0 Å². The standard InChI is InChI=1S/C19H12FNO/c20-13-10-11-18-16(12-13)19(22)15-8-4-5-9-17(15)21(18)14-6-2-1-3-7-14/h1-12H. The van der Waals surface area contributed by atoms with Crippen LogP contribution in [0.4, 0.5) is 4.39 Å². The normalized spacial score (nSPS) is 11.1. The molecule has 0 saturated heterocycles. The van der Waals surface area contributed by atoms with Crippen LogP contribution in [-0.4, -0.2) is 4.57 Å². The fourth-order valence-electron chi connectivity index (χ4n) is 2.88. The molecule has 0 aliphatic heterocycles. The highest BCUT2D eigenvalue weighted by Crippen LogP contribution is 2.24. The lowest BCUT2D eigenvalue weighted by molar-refractivity contribution is 0.629. The molecule has 2 nitrogen and oxygen atoms in total. The molecule has 0 N–H and O–H groups in total. The first kappa shape index (κ1) is 12.8. The SMILES string of the molecule is O=c1c2ccccc2n(-c2ccccc2)c2ccc(F)cc12. The van der Waals surface area contributed by atoms with Gasteiger partial charge in [-0.3, -0.25) is 4.79 Å². The number of halogens is 1. The van der Waals surface area contributed by atoms with E-state index in [0.717, 1.165) is 11.2 Å². The first-order valence-electron chi connectivity index (χ1n) is 7.04. The third-order valence-corrected chi connectivity index (χ3v) is 3.85. The molecular weight excluding hydrogens is 277 g/mol.